The van der Waals surface area contributed by atoms with Crippen molar-refractivity contribution in [2.75, 3.05) is 36.4 Å². The Morgan fingerprint density at radius 1 is 1.12 bits per heavy atom. The number of carbonyl (C=O) groups excluding carboxylic acids is 1. The molecule has 10 nitrogen and oxygen atoms in total. The Kier molecular flexibility index (Phi) is 5.28. The van der Waals surface area contributed by atoms with Crippen LogP contribution in [0.4, 0.5) is 11.6 Å². The highest BCUT2D eigenvalue weighted by Gasteiger charge is 2.31. The second kappa shape index (κ2) is 8.39. The second-order valence-corrected chi connectivity index (χ2v) is 7.85. The van der Waals surface area contributed by atoms with Crippen LogP contribution in [0.5, 0.6) is 0 Å². The smallest absolute Gasteiger partial charge is 0.247 e. The number of aryl methyl sites for hydroxylation is 2. The maximum Gasteiger partial charge on any atom is 0.247 e. The Labute approximate surface area is 184 Å². The number of rotatable bonds is 5. The number of nitrogens with zero attached hydrogens (tertiary/aromatic N) is 7. The van der Waals surface area contributed by atoms with Crippen molar-refractivity contribution in [2.45, 2.75) is 13.0 Å². The van der Waals surface area contributed by atoms with Crippen molar-refractivity contribution < 1.29 is 9.32 Å². The number of amides is 1. The van der Waals surface area contributed by atoms with Crippen LogP contribution in [-0.4, -0.2) is 61.9 Å². The minimum atomic E-state index is -0.431. The van der Waals surface area contributed by atoms with Gasteiger partial charge in [0.1, 0.15) is 23.9 Å². The number of carbonyl (C=O) groups is 1. The number of hydrogen-bond acceptors (Lipinski definition) is 8. The van der Waals surface area contributed by atoms with Crippen molar-refractivity contribution in [1.29, 1.82) is 0 Å². The molecule has 4 heterocycles. The van der Waals surface area contributed by atoms with E-state index in [1.54, 1.807) is 30.2 Å². The number of piperazine rings is 1. The first-order valence-electron chi connectivity index (χ1n) is 10.5. The van der Waals surface area contributed by atoms with E-state index in [-0.39, 0.29) is 5.91 Å². The molecule has 3 aromatic heterocycles. The van der Waals surface area contributed by atoms with Crippen LogP contribution >= 0.6 is 0 Å². The summed E-state index contributed by atoms with van der Waals surface area (Å²) in [5, 5.41) is 12.0. The zero-order valence-corrected chi connectivity index (χ0v) is 18.0. The largest absolute Gasteiger partial charge is 0.360 e. The Balaban J connectivity index is 1.36. The molecule has 4 aromatic rings. The first-order chi connectivity index (χ1) is 15.6. The molecule has 0 aliphatic carbocycles. The zero-order chi connectivity index (χ0) is 22.1. The summed E-state index contributed by atoms with van der Waals surface area (Å²) < 4.78 is 6.84. The molecule has 1 unspecified atom stereocenters. The minimum Gasteiger partial charge on any atom is -0.360 e. The number of hydrogen-bond donors (Lipinski definition) is 1. The van der Waals surface area contributed by atoms with E-state index < -0.39 is 6.04 Å². The van der Waals surface area contributed by atoms with E-state index >= 15 is 0 Å². The Hall–Kier alpha value is -3.79. The summed E-state index contributed by atoms with van der Waals surface area (Å²) >= 11 is 0. The maximum atomic E-state index is 13.3. The topological polar surface area (TPSA) is 105 Å². The number of nitrogens with one attached hydrogen (secondary N) is 1. The maximum absolute atomic E-state index is 13.3. The van der Waals surface area contributed by atoms with Crippen molar-refractivity contribution in [2.24, 2.45) is 7.05 Å². The number of fused-ring (bicyclic) bond motifs is 1. The van der Waals surface area contributed by atoms with E-state index in [0.717, 1.165) is 35.5 Å². The van der Waals surface area contributed by atoms with Gasteiger partial charge in [-0.3, -0.25) is 14.4 Å². The lowest BCUT2D eigenvalue weighted by molar-refractivity contribution is -0.121. The van der Waals surface area contributed by atoms with E-state index in [2.05, 4.69) is 35.3 Å². The predicted octanol–water partition coefficient (Wildman–Crippen LogP) is 2.16. The van der Waals surface area contributed by atoms with Crippen LogP contribution in [0.3, 0.4) is 0 Å². The molecule has 1 amide bonds. The second-order valence-electron chi connectivity index (χ2n) is 7.85. The SMILES string of the molecule is Cc1cc(NC(=O)C(c2ccccc2)N2CCN(c3ncnc4c3cnn4C)CC2)no1. The molecule has 0 bridgehead atoms. The van der Waals surface area contributed by atoms with Crippen molar-refractivity contribution >= 4 is 28.6 Å². The fraction of sp³-hybridized carbons (Fsp3) is 0.318. The van der Waals surface area contributed by atoms with E-state index in [1.807, 2.05) is 37.4 Å². The van der Waals surface area contributed by atoms with E-state index in [1.165, 1.54) is 0 Å². The summed E-state index contributed by atoms with van der Waals surface area (Å²) in [5.41, 5.74) is 1.75. The van der Waals surface area contributed by atoms with Gasteiger partial charge < -0.3 is 14.7 Å². The quantitative estimate of drug-likeness (QED) is 0.512. The lowest BCUT2D eigenvalue weighted by Crippen LogP contribution is -2.50. The van der Waals surface area contributed by atoms with Crippen molar-refractivity contribution in [3.63, 3.8) is 0 Å². The molecular formula is C22H24N8O2. The van der Waals surface area contributed by atoms with Crippen molar-refractivity contribution in [1.82, 2.24) is 29.8 Å². The summed E-state index contributed by atoms with van der Waals surface area (Å²) in [6, 6.07) is 11.1. The normalized spacial score (nSPS) is 15.8. The highest BCUT2D eigenvalue weighted by Crippen LogP contribution is 2.27. The average Bonchev–Trinajstić information content (AvgIpc) is 3.40. The van der Waals surface area contributed by atoms with Gasteiger partial charge in [-0.05, 0) is 12.5 Å². The molecule has 32 heavy (non-hydrogen) atoms. The lowest BCUT2D eigenvalue weighted by atomic mass is 10.0. The van der Waals surface area contributed by atoms with Crippen LogP contribution in [-0.2, 0) is 11.8 Å². The van der Waals surface area contributed by atoms with Crippen molar-refractivity contribution in [3.8, 4) is 0 Å². The Morgan fingerprint density at radius 3 is 2.62 bits per heavy atom. The third kappa shape index (κ3) is 3.80. The van der Waals surface area contributed by atoms with Crippen LogP contribution in [0.15, 0.2) is 53.4 Å². The third-order valence-corrected chi connectivity index (χ3v) is 5.73. The molecule has 1 fully saturated rings. The summed E-state index contributed by atoms with van der Waals surface area (Å²) in [6.07, 6.45) is 3.38. The Morgan fingerprint density at radius 2 is 1.91 bits per heavy atom. The van der Waals surface area contributed by atoms with Gasteiger partial charge in [-0.15, -0.1) is 0 Å². The lowest BCUT2D eigenvalue weighted by Gasteiger charge is -2.39. The molecule has 0 saturated carbocycles. The van der Waals surface area contributed by atoms with Gasteiger partial charge in [-0.2, -0.15) is 5.10 Å². The minimum absolute atomic E-state index is 0.130. The molecule has 0 spiro atoms. The predicted molar refractivity (Wildman–Crippen MR) is 119 cm³/mol. The number of benzene rings is 1. The molecular weight excluding hydrogens is 408 g/mol. The molecule has 0 radical (unpaired) electrons. The van der Waals surface area contributed by atoms with Crippen LogP contribution in [0, 0.1) is 6.92 Å². The van der Waals surface area contributed by atoms with E-state index in [4.69, 9.17) is 4.52 Å². The highest BCUT2D eigenvalue weighted by molar-refractivity contribution is 5.95. The molecule has 1 aliphatic rings. The fourth-order valence-corrected chi connectivity index (χ4v) is 4.18. The summed E-state index contributed by atoms with van der Waals surface area (Å²) in [5.74, 6) is 1.82. The zero-order valence-electron chi connectivity index (χ0n) is 18.0. The average molecular weight is 432 g/mol. The summed E-state index contributed by atoms with van der Waals surface area (Å²) in [7, 11) is 1.87. The van der Waals surface area contributed by atoms with Crippen LogP contribution in [0.2, 0.25) is 0 Å². The van der Waals surface area contributed by atoms with Gasteiger partial charge in [0, 0.05) is 39.3 Å². The van der Waals surface area contributed by atoms with Gasteiger partial charge in [0.15, 0.2) is 11.5 Å². The van der Waals surface area contributed by atoms with Crippen LogP contribution < -0.4 is 10.2 Å². The standard InChI is InChI=1S/C22H24N8O2/c1-15-12-18(27-32-15)26-22(31)19(16-6-4-3-5-7-16)29-8-10-30(11-9-29)21-17-13-25-28(2)20(17)23-14-24-21/h3-7,12-14,19H,8-11H2,1-2H3,(H,26,27,31). The molecule has 1 aliphatic heterocycles. The number of aromatic nitrogens is 5. The highest BCUT2D eigenvalue weighted by atomic mass is 16.5. The summed E-state index contributed by atoms with van der Waals surface area (Å²) in [6.45, 7) is 4.68. The van der Waals surface area contributed by atoms with Crippen LogP contribution in [0.1, 0.15) is 17.4 Å². The molecule has 1 saturated heterocycles. The monoisotopic (exact) mass is 432 g/mol. The molecule has 1 aromatic carbocycles. The molecule has 164 valence electrons. The van der Waals surface area contributed by atoms with Gasteiger partial charge in [0.25, 0.3) is 0 Å². The van der Waals surface area contributed by atoms with E-state index in [9.17, 15) is 4.79 Å². The molecule has 1 atom stereocenters. The van der Waals surface area contributed by atoms with E-state index in [0.29, 0.717) is 24.7 Å². The Bertz CT molecular complexity index is 1230. The fourth-order valence-electron chi connectivity index (χ4n) is 4.18. The van der Waals surface area contributed by atoms with Gasteiger partial charge >= 0.3 is 0 Å². The molecule has 10 heteroatoms. The number of anilines is 2. The summed E-state index contributed by atoms with van der Waals surface area (Å²) in [4.78, 5) is 26.5. The van der Waals surface area contributed by atoms with Crippen LogP contribution in [0.25, 0.3) is 11.0 Å². The van der Waals surface area contributed by atoms with Gasteiger partial charge in [0.05, 0.1) is 11.6 Å². The molecule has 5 rings (SSSR count). The third-order valence-electron chi connectivity index (χ3n) is 5.73. The van der Waals surface area contributed by atoms with Gasteiger partial charge in [-0.1, -0.05) is 35.5 Å². The van der Waals surface area contributed by atoms with Crippen molar-refractivity contribution in [3.05, 3.63) is 60.2 Å². The first kappa shape index (κ1) is 20.1. The molecule has 1 N–H and O–H groups in total. The van der Waals surface area contributed by atoms with Gasteiger partial charge in [0.2, 0.25) is 5.91 Å². The first-order valence-corrected chi connectivity index (χ1v) is 10.5. The van der Waals surface area contributed by atoms with Gasteiger partial charge in [-0.25, -0.2) is 9.97 Å².